The van der Waals surface area contributed by atoms with Crippen LogP contribution in [0.25, 0.3) is 0 Å². The van der Waals surface area contributed by atoms with Gasteiger partial charge in [-0.1, -0.05) is 37.3 Å². The van der Waals surface area contributed by atoms with Crippen LogP contribution in [-0.4, -0.2) is 5.78 Å². The van der Waals surface area contributed by atoms with E-state index in [9.17, 15) is 4.79 Å². The first-order valence-electron chi connectivity index (χ1n) is 4.99. The van der Waals surface area contributed by atoms with Gasteiger partial charge in [-0.2, -0.15) is 0 Å². The molecule has 0 N–H and O–H groups in total. The zero-order valence-electron chi connectivity index (χ0n) is 8.57. The Morgan fingerprint density at radius 1 is 1.20 bits per heavy atom. The van der Waals surface area contributed by atoms with E-state index in [1.165, 1.54) is 11.3 Å². The molecule has 1 nitrogen and oxygen atoms in total. The first kappa shape index (κ1) is 10.1. The quantitative estimate of drug-likeness (QED) is 0.717. The molecule has 1 aromatic carbocycles. The molecule has 0 saturated heterocycles. The number of ketones is 1. The molecule has 0 aliphatic carbocycles. The van der Waals surface area contributed by atoms with E-state index in [4.69, 9.17) is 0 Å². The Hall–Kier alpha value is -1.41. The SMILES string of the molecule is CCc1ccccc1C(=O)c1cccs1. The molecule has 0 spiro atoms. The van der Waals surface area contributed by atoms with Crippen LogP contribution in [0.1, 0.15) is 27.7 Å². The van der Waals surface area contributed by atoms with Gasteiger partial charge in [0.15, 0.2) is 0 Å². The Kier molecular flexibility index (Phi) is 2.97. The van der Waals surface area contributed by atoms with Gasteiger partial charge in [-0.25, -0.2) is 0 Å². The van der Waals surface area contributed by atoms with Crippen LogP contribution in [0.15, 0.2) is 41.8 Å². The molecule has 1 aromatic heterocycles. The van der Waals surface area contributed by atoms with E-state index in [-0.39, 0.29) is 5.78 Å². The summed E-state index contributed by atoms with van der Waals surface area (Å²) < 4.78 is 0. The maximum Gasteiger partial charge on any atom is 0.203 e. The highest BCUT2D eigenvalue weighted by molar-refractivity contribution is 7.12. The number of hydrogen-bond donors (Lipinski definition) is 0. The van der Waals surface area contributed by atoms with Crippen molar-refractivity contribution in [3.8, 4) is 0 Å². The third kappa shape index (κ3) is 2.00. The second kappa shape index (κ2) is 4.41. The molecule has 0 fully saturated rings. The van der Waals surface area contributed by atoms with E-state index in [2.05, 4.69) is 6.92 Å². The van der Waals surface area contributed by atoms with E-state index < -0.39 is 0 Å². The highest BCUT2D eigenvalue weighted by Gasteiger charge is 2.12. The standard InChI is InChI=1S/C13H12OS/c1-2-10-6-3-4-7-11(10)13(14)12-8-5-9-15-12/h3-9H,2H2,1H3. The first-order valence-corrected chi connectivity index (χ1v) is 5.87. The largest absolute Gasteiger partial charge is 0.288 e. The molecule has 2 rings (SSSR count). The van der Waals surface area contributed by atoms with Gasteiger partial charge in [0, 0.05) is 5.56 Å². The van der Waals surface area contributed by atoms with Crippen LogP contribution in [0.4, 0.5) is 0 Å². The van der Waals surface area contributed by atoms with Crippen LogP contribution in [0.5, 0.6) is 0 Å². The van der Waals surface area contributed by atoms with Gasteiger partial charge in [-0.15, -0.1) is 11.3 Å². The fourth-order valence-electron chi connectivity index (χ4n) is 1.59. The number of thiophene rings is 1. The predicted octanol–water partition coefficient (Wildman–Crippen LogP) is 3.54. The van der Waals surface area contributed by atoms with Crippen molar-refractivity contribution in [1.29, 1.82) is 0 Å². The minimum atomic E-state index is 0.141. The number of carbonyl (C=O) groups is 1. The summed E-state index contributed by atoms with van der Waals surface area (Å²) in [4.78, 5) is 12.9. The lowest BCUT2D eigenvalue weighted by Gasteiger charge is -2.04. The number of hydrogen-bond acceptors (Lipinski definition) is 2. The van der Waals surface area contributed by atoms with Gasteiger partial charge in [0.25, 0.3) is 0 Å². The van der Waals surface area contributed by atoms with Crippen molar-refractivity contribution in [2.45, 2.75) is 13.3 Å². The van der Waals surface area contributed by atoms with Crippen molar-refractivity contribution in [2.24, 2.45) is 0 Å². The fourth-order valence-corrected chi connectivity index (χ4v) is 2.27. The Balaban J connectivity index is 2.42. The normalized spacial score (nSPS) is 10.2. The zero-order chi connectivity index (χ0) is 10.7. The summed E-state index contributed by atoms with van der Waals surface area (Å²) in [5.41, 5.74) is 1.96. The number of carbonyl (C=O) groups excluding carboxylic acids is 1. The number of aryl methyl sites for hydroxylation is 1. The maximum absolute atomic E-state index is 12.1. The molecule has 0 saturated carbocycles. The van der Waals surface area contributed by atoms with Gasteiger partial charge in [0.1, 0.15) is 0 Å². The molecule has 0 atom stereocenters. The summed E-state index contributed by atoms with van der Waals surface area (Å²) in [6, 6.07) is 11.6. The van der Waals surface area contributed by atoms with Crippen molar-refractivity contribution in [3.05, 3.63) is 57.8 Å². The summed E-state index contributed by atoms with van der Waals surface area (Å²) >= 11 is 1.50. The molecule has 15 heavy (non-hydrogen) atoms. The minimum Gasteiger partial charge on any atom is -0.288 e. The van der Waals surface area contributed by atoms with Crippen LogP contribution in [0, 0.1) is 0 Å². The second-order valence-corrected chi connectivity index (χ2v) is 4.26. The molecule has 2 aromatic rings. The molecule has 0 aliphatic heterocycles. The Morgan fingerprint density at radius 3 is 2.67 bits per heavy atom. The van der Waals surface area contributed by atoms with Crippen LogP contribution < -0.4 is 0 Å². The Bertz CT molecular complexity index is 457. The van der Waals surface area contributed by atoms with E-state index in [0.29, 0.717) is 0 Å². The van der Waals surface area contributed by atoms with Crippen molar-refractivity contribution in [1.82, 2.24) is 0 Å². The van der Waals surface area contributed by atoms with Gasteiger partial charge < -0.3 is 0 Å². The van der Waals surface area contributed by atoms with Gasteiger partial charge in [0.05, 0.1) is 4.88 Å². The lowest BCUT2D eigenvalue weighted by molar-refractivity contribution is 0.104. The van der Waals surface area contributed by atoms with E-state index in [0.717, 1.165) is 22.4 Å². The average Bonchev–Trinajstić information content (AvgIpc) is 2.81. The molecular formula is C13H12OS. The van der Waals surface area contributed by atoms with E-state index in [1.54, 1.807) is 0 Å². The van der Waals surface area contributed by atoms with E-state index >= 15 is 0 Å². The van der Waals surface area contributed by atoms with E-state index in [1.807, 2.05) is 41.8 Å². The summed E-state index contributed by atoms with van der Waals surface area (Å²) in [7, 11) is 0. The highest BCUT2D eigenvalue weighted by Crippen LogP contribution is 2.18. The molecule has 0 radical (unpaired) electrons. The van der Waals surface area contributed by atoms with Crippen LogP contribution in [-0.2, 0) is 6.42 Å². The van der Waals surface area contributed by atoms with Crippen molar-refractivity contribution in [2.75, 3.05) is 0 Å². The average molecular weight is 216 g/mol. The lowest BCUT2D eigenvalue weighted by atomic mass is 10.0. The molecule has 0 aliphatic rings. The monoisotopic (exact) mass is 216 g/mol. The Labute approximate surface area is 93.4 Å². The molecule has 0 amide bonds. The molecular weight excluding hydrogens is 204 g/mol. The van der Waals surface area contributed by atoms with Crippen molar-refractivity contribution >= 4 is 17.1 Å². The highest BCUT2D eigenvalue weighted by atomic mass is 32.1. The summed E-state index contributed by atoms with van der Waals surface area (Å²) in [5, 5.41) is 1.93. The van der Waals surface area contributed by atoms with Gasteiger partial charge in [-0.05, 0) is 23.4 Å². The fraction of sp³-hybridized carbons (Fsp3) is 0.154. The summed E-state index contributed by atoms with van der Waals surface area (Å²) in [5.74, 6) is 0.141. The van der Waals surface area contributed by atoms with Gasteiger partial charge in [-0.3, -0.25) is 4.79 Å². The van der Waals surface area contributed by atoms with Crippen LogP contribution in [0.2, 0.25) is 0 Å². The zero-order valence-corrected chi connectivity index (χ0v) is 9.38. The second-order valence-electron chi connectivity index (χ2n) is 3.32. The molecule has 2 heteroatoms. The number of rotatable bonds is 3. The van der Waals surface area contributed by atoms with Gasteiger partial charge in [0.2, 0.25) is 5.78 Å². The van der Waals surface area contributed by atoms with Crippen molar-refractivity contribution < 1.29 is 4.79 Å². The smallest absolute Gasteiger partial charge is 0.203 e. The third-order valence-corrected chi connectivity index (χ3v) is 3.26. The summed E-state index contributed by atoms with van der Waals surface area (Å²) in [6.07, 6.45) is 0.896. The van der Waals surface area contributed by atoms with Crippen molar-refractivity contribution in [3.63, 3.8) is 0 Å². The maximum atomic E-state index is 12.1. The molecule has 76 valence electrons. The topological polar surface area (TPSA) is 17.1 Å². The number of benzene rings is 1. The molecule has 0 unspecified atom stereocenters. The van der Waals surface area contributed by atoms with Crippen LogP contribution >= 0.6 is 11.3 Å². The summed E-state index contributed by atoms with van der Waals surface area (Å²) in [6.45, 7) is 2.07. The van der Waals surface area contributed by atoms with Gasteiger partial charge >= 0.3 is 0 Å². The molecule has 0 bridgehead atoms. The van der Waals surface area contributed by atoms with Crippen LogP contribution in [0.3, 0.4) is 0 Å². The third-order valence-electron chi connectivity index (χ3n) is 2.39. The minimum absolute atomic E-state index is 0.141. The first-order chi connectivity index (χ1) is 7.33. The lowest BCUT2D eigenvalue weighted by Crippen LogP contribution is -2.02. The molecule has 1 heterocycles. The predicted molar refractivity (Wildman–Crippen MR) is 63.6 cm³/mol. The Morgan fingerprint density at radius 2 is 2.00 bits per heavy atom.